The number of nitrogens with one attached hydrogen (secondary N) is 1. The number of piperidine rings is 1. The molecule has 3 unspecified atom stereocenters. The molecule has 3 atom stereocenters. The summed E-state index contributed by atoms with van der Waals surface area (Å²) in [5.41, 5.74) is 0. The minimum Gasteiger partial charge on any atom is -0.445 e. The van der Waals surface area contributed by atoms with E-state index in [2.05, 4.69) is 38.0 Å². The van der Waals surface area contributed by atoms with Gasteiger partial charge in [-0.2, -0.15) is 5.26 Å². The number of nitriles is 1. The number of morpholine rings is 1. The molecule has 0 radical (unpaired) electrons. The Morgan fingerprint density at radius 2 is 1.82 bits per heavy atom. The highest BCUT2D eigenvalue weighted by Gasteiger charge is 2.41. The summed E-state index contributed by atoms with van der Waals surface area (Å²) < 4.78 is 16.7. The predicted molar refractivity (Wildman–Crippen MR) is 151 cm³/mol. The molecule has 0 bridgehead atoms. The Morgan fingerprint density at radius 3 is 2.52 bits per heavy atom. The zero-order valence-electron chi connectivity index (χ0n) is 24.2. The van der Waals surface area contributed by atoms with Crippen LogP contribution in [-0.4, -0.2) is 117 Å². The van der Waals surface area contributed by atoms with Crippen molar-refractivity contribution in [1.29, 1.82) is 5.26 Å². The highest BCUT2D eigenvalue weighted by atomic mass is 16.6. The van der Waals surface area contributed by atoms with Crippen molar-refractivity contribution in [2.75, 3.05) is 65.7 Å². The number of hydrogen-bond donors (Lipinski definition) is 1. The first-order chi connectivity index (χ1) is 19.6. The maximum absolute atomic E-state index is 14.3. The summed E-state index contributed by atoms with van der Waals surface area (Å²) in [6, 6.07) is 2.38. The van der Waals surface area contributed by atoms with Crippen LogP contribution in [0, 0.1) is 17.2 Å². The van der Waals surface area contributed by atoms with E-state index in [1.807, 2.05) is 0 Å². The minimum absolute atomic E-state index is 0.0565. The van der Waals surface area contributed by atoms with E-state index in [-0.39, 0.29) is 36.6 Å². The van der Waals surface area contributed by atoms with E-state index in [1.54, 1.807) is 0 Å². The molecule has 1 N–H and O–H groups in total. The van der Waals surface area contributed by atoms with Gasteiger partial charge in [-0.05, 0) is 65.0 Å². The number of nitrogens with zero attached hydrogens (tertiary/aromatic N) is 5. The molecule has 1 saturated carbocycles. The Hall–Kier alpha value is -2.42. The number of guanidine groups is 1. The summed E-state index contributed by atoms with van der Waals surface area (Å²) in [5, 5.41) is 12.5. The molecule has 4 aliphatic rings. The molecule has 224 valence electrons. The maximum Gasteiger partial charge on any atom is 0.436 e. The molecule has 4 rings (SSSR count). The lowest BCUT2D eigenvalue weighted by Gasteiger charge is -2.46. The Balaban J connectivity index is 1.55. The van der Waals surface area contributed by atoms with Crippen LogP contribution in [0.3, 0.4) is 0 Å². The number of carbonyl (C=O) groups is 2. The Labute approximate surface area is 239 Å². The van der Waals surface area contributed by atoms with Gasteiger partial charge in [-0.1, -0.05) is 12.8 Å². The van der Waals surface area contributed by atoms with Crippen molar-refractivity contribution >= 4 is 18.0 Å². The third-order valence-electron chi connectivity index (χ3n) is 8.67. The number of carbonyl (C=O) groups excluding carboxylic acids is 2. The number of hydrogen-bond acceptors (Lipinski definition) is 7. The van der Waals surface area contributed by atoms with E-state index in [0.29, 0.717) is 64.8 Å². The lowest BCUT2D eigenvalue weighted by molar-refractivity contribution is -0.141. The van der Waals surface area contributed by atoms with Crippen molar-refractivity contribution in [3.8, 4) is 6.07 Å². The van der Waals surface area contributed by atoms with Crippen LogP contribution >= 0.6 is 0 Å². The van der Waals surface area contributed by atoms with Gasteiger partial charge in [0.2, 0.25) is 11.9 Å². The van der Waals surface area contributed by atoms with Gasteiger partial charge >= 0.3 is 6.09 Å². The summed E-state index contributed by atoms with van der Waals surface area (Å²) in [5.74, 6) is 0.598. The van der Waals surface area contributed by atoms with Crippen molar-refractivity contribution in [2.24, 2.45) is 10.9 Å². The molecule has 0 spiro atoms. The van der Waals surface area contributed by atoms with Gasteiger partial charge in [0.1, 0.15) is 6.61 Å². The molecule has 0 aromatic rings. The Morgan fingerprint density at radius 1 is 1.05 bits per heavy atom. The molecule has 4 fully saturated rings. The van der Waals surface area contributed by atoms with E-state index in [0.717, 1.165) is 64.5 Å². The fraction of sp³-hybridized carbons (Fsp3) is 0.862. The largest absolute Gasteiger partial charge is 0.445 e. The van der Waals surface area contributed by atoms with Crippen LogP contribution in [0.1, 0.15) is 71.1 Å². The zero-order valence-corrected chi connectivity index (χ0v) is 24.2. The molecule has 11 heteroatoms. The second-order valence-electron chi connectivity index (χ2n) is 11.2. The highest BCUT2D eigenvalue weighted by Crippen LogP contribution is 2.32. The number of aliphatic imine (C=N–C) groups is 1. The van der Waals surface area contributed by atoms with Gasteiger partial charge in [-0.25, -0.2) is 4.79 Å². The zero-order chi connectivity index (χ0) is 28.2. The SMILES string of the molecule is CCN(C(=NC(=O)OCC1CCCO1)N1CCOCC1)C1CCCCC1C(=O)N(CCCC#N)C1CCNCC1. The molecule has 40 heavy (non-hydrogen) atoms. The van der Waals surface area contributed by atoms with Crippen LogP contribution < -0.4 is 5.32 Å². The summed E-state index contributed by atoms with van der Waals surface area (Å²) >= 11 is 0. The second-order valence-corrected chi connectivity index (χ2v) is 11.2. The molecule has 11 nitrogen and oxygen atoms in total. The van der Waals surface area contributed by atoms with Crippen molar-refractivity contribution in [3.63, 3.8) is 0 Å². The maximum atomic E-state index is 14.3. The second kappa shape index (κ2) is 16.1. The first-order valence-corrected chi connectivity index (χ1v) is 15.5. The molecule has 3 heterocycles. The third-order valence-corrected chi connectivity index (χ3v) is 8.67. The minimum atomic E-state index is -0.609. The molecule has 3 aliphatic heterocycles. The van der Waals surface area contributed by atoms with Gasteiger partial charge < -0.3 is 34.2 Å². The third kappa shape index (κ3) is 8.30. The topological polar surface area (TPSA) is 120 Å². The normalized spacial score (nSPS) is 26.2. The summed E-state index contributed by atoms with van der Waals surface area (Å²) in [6.45, 7) is 8.45. The smallest absolute Gasteiger partial charge is 0.436 e. The van der Waals surface area contributed by atoms with E-state index in [4.69, 9.17) is 19.5 Å². The summed E-state index contributed by atoms with van der Waals surface area (Å²) in [6.07, 6.45) is 7.95. The number of unbranched alkanes of at least 4 members (excludes halogenated alkanes) is 1. The monoisotopic (exact) mass is 560 g/mol. The lowest BCUT2D eigenvalue weighted by Crippen LogP contribution is -2.58. The molecule has 2 amide bonds. The number of rotatable bonds is 9. The van der Waals surface area contributed by atoms with Gasteiger partial charge in [0.05, 0.1) is 31.3 Å². The summed E-state index contributed by atoms with van der Waals surface area (Å²) in [7, 11) is 0. The average Bonchev–Trinajstić information content (AvgIpc) is 3.53. The molecular weight excluding hydrogens is 512 g/mol. The van der Waals surface area contributed by atoms with Gasteiger partial charge in [0, 0.05) is 51.3 Å². The molecular formula is C29H48N6O5. The van der Waals surface area contributed by atoms with Crippen LogP contribution in [0.15, 0.2) is 4.99 Å². The van der Waals surface area contributed by atoms with E-state index >= 15 is 0 Å². The van der Waals surface area contributed by atoms with Crippen LogP contribution in [0.25, 0.3) is 0 Å². The molecule has 1 aliphatic carbocycles. The van der Waals surface area contributed by atoms with Crippen LogP contribution in [-0.2, 0) is 19.0 Å². The quantitative estimate of drug-likeness (QED) is 0.258. The molecule has 0 aromatic heterocycles. The first kappa shape index (κ1) is 30.5. The van der Waals surface area contributed by atoms with Crippen LogP contribution in [0.2, 0.25) is 0 Å². The molecule has 3 saturated heterocycles. The van der Waals surface area contributed by atoms with Crippen molar-refractivity contribution < 1.29 is 23.8 Å². The fourth-order valence-corrected chi connectivity index (χ4v) is 6.56. The first-order valence-electron chi connectivity index (χ1n) is 15.5. The van der Waals surface area contributed by atoms with Crippen molar-refractivity contribution in [3.05, 3.63) is 0 Å². The predicted octanol–water partition coefficient (Wildman–Crippen LogP) is 2.76. The van der Waals surface area contributed by atoms with E-state index in [1.165, 1.54) is 0 Å². The van der Waals surface area contributed by atoms with Gasteiger partial charge in [-0.15, -0.1) is 4.99 Å². The van der Waals surface area contributed by atoms with E-state index < -0.39 is 6.09 Å². The standard InChI is InChI=1S/C29H48N6O5/c1-2-34(28(33-17-20-38-21-18-33)32-29(37)40-22-24-8-7-19-39-24)26-10-4-3-9-25(26)27(36)35(16-6-5-13-30)23-11-14-31-15-12-23/h23-26,31H,2-12,14-22H2,1H3. The number of ether oxygens (including phenoxy) is 3. The fourth-order valence-electron chi connectivity index (χ4n) is 6.56. The van der Waals surface area contributed by atoms with Crippen LogP contribution in [0.4, 0.5) is 4.79 Å². The van der Waals surface area contributed by atoms with Crippen molar-refractivity contribution in [1.82, 2.24) is 20.0 Å². The van der Waals surface area contributed by atoms with Gasteiger partial charge in [-0.3, -0.25) is 4.79 Å². The Bertz CT molecular complexity index is 877. The molecule has 0 aromatic carbocycles. The lowest BCUT2D eigenvalue weighted by atomic mass is 9.82. The highest BCUT2D eigenvalue weighted by molar-refractivity contribution is 5.91. The number of amides is 2. The Kier molecular flexibility index (Phi) is 12.3. The van der Waals surface area contributed by atoms with Crippen molar-refractivity contribution in [2.45, 2.75) is 89.3 Å². The van der Waals surface area contributed by atoms with Gasteiger partial charge in [0.15, 0.2) is 0 Å². The average molecular weight is 561 g/mol. The van der Waals surface area contributed by atoms with Crippen LogP contribution in [0.5, 0.6) is 0 Å². The van der Waals surface area contributed by atoms with Gasteiger partial charge in [0.25, 0.3) is 0 Å². The summed E-state index contributed by atoms with van der Waals surface area (Å²) in [4.78, 5) is 38.2. The van der Waals surface area contributed by atoms with E-state index in [9.17, 15) is 9.59 Å².